The average molecular weight is 415 g/mol. The molecule has 1 aromatic heterocycles. The first-order valence-electron chi connectivity index (χ1n) is 8.85. The van der Waals surface area contributed by atoms with Gasteiger partial charge in [0.1, 0.15) is 0 Å². The van der Waals surface area contributed by atoms with Gasteiger partial charge in [0.25, 0.3) is 10.0 Å². The van der Waals surface area contributed by atoms with Crippen LogP contribution in [0.1, 0.15) is 18.5 Å². The van der Waals surface area contributed by atoms with Gasteiger partial charge in [0, 0.05) is 29.5 Å². The molecular formula is C19H19N4O5S-. The van der Waals surface area contributed by atoms with Crippen LogP contribution in [0.3, 0.4) is 0 Å². The quantitative estimate of drug-likeness (QED) is 0.666. The van der Waals surface area contributed by atoms with Crippen LogP contribution >= 0.6 is 0 Å². The Hall–Kier alpha value is -3.27. The molecule has 0 bridgehead atoms. The summed E-state index contributed by atoms with van der Waals surface area (Å²) in [4.78, 5) is 31.5. The molecule has 2 atom stereocenters. The van der Waals surface area contributed by atoms with Crippen LogP contribution in [0.5, 0.6) is 0 Å². The van der Waals surface area contributed by atoms with E-state index in [4.69, 9.17) is 0 Å². The van der Waals surface area contributed by atoms with Gasteiger partial charge in [-0.05, 0) is 50.1 Å². The van der Waals surface area contributed by atoms with Crippen molar-refractivity contribution in [3.8, 4) is 0 Å². The van der Waals surface area contributed by atoms with Crippen molar-refractivity contribution in [2.45, 2.75) is 24.7 Å². The van der Waals surface area contributed by atoms with Gasteiger partial charge < -0.3 is 15.2 Å². The lowest BCUT2D eigenvalue weighted by molar-refractivity contribution is -0.313. The SMILES string of the molecule is Cc1ccnc(NS(=O)(=O)c2ccc(NC(=O)[C@@H]3CC=CC[C@H]3C(=O)[O-])cc2)n1. The number of hydrogen-bond donors (Lipinski definition) is 2. The number of carbonyl (C=O) groups excluding carboxylic acids is 2. The maximum atomic E-state index is 12.5. The highest BCUT2D eigenvalue weighted by Crippen LogP contribution is 2.27. The number of aromatic nitrogens is 2. The number of carboxylic acid groups (broad SMARTS) is 1. The predicted molar refractivity (Wildman–Crippen MR) is 103 cm³/mol. The summed E-state index contributed by atoms with van der Waals surface area (Å²) in [6.45, 7) is 1.71. The number of aryl methyl sites for hydroxylation is 1. The Morgan fingerprint density at radius 2 is 1.72 bits per heavy atom. The van der Waals surface area contributed by atoms with Gasteiger partial charge in [-0.3, -0.25) is 4.79 Å². The van der Waals surface area contributed by atoms with E-state index < -0.39 is 33.7 Å². The molecule has 1 aliphatic carbocycles. The van der Waals surface area contributed by atoms with Gasteiger partial charge in [0.2, 0.25) is 11.9 Å². The highest BCUT2D eigenvalue weighted by Gasteiger charge is 2.29. The summed E-state index contributed by atoms with van der Waals surface area (Å²) in [6.07, 6.45) is 5.47. The molecular weight excluding hydrogens is 396 g/mol. The summed E-state index contributed by atoms with van der Waals surface area (Å²) in [5, 5.41) is 13.9. The van der Waals surface area contributed by atoms with E-state index >= 15 is 0 Å². The van der Waals surface area contributed by atoms with Crippen molar-refractivity contribution in [1.29, 1.82) is 0 Å². The summed E-state index contributed by atoms with van der Waals surface area (Å²) >= 11 is 0. The number of amides is 1. The minimum absolute atomic E-state index is 0.0335. The van der Waals surface area contributed by atoms with E-state index in [9.17, 15) is 23.1 Å². The van der Waals surface area contributed by atoms with Crippen LogP contribution in [-0.4, -0.2) is 30.3 Å². The molecule has 9 nitrogen and oxygen atoms in total. The van der Waals surface area contributed by atoms with Gasteiger partial charge in [-0.1, -0.05) is 12.2 Å². The summed E-state index contributed by atoms with van der Waals surface area (Å²) < 4.78 is 27.2. The van der Waals surface area contributed by atoms with Gasteiger partial charge in [-0.25, -0.2) is 23.1 Å². The summed E-state index contributed by atoms with van der Waals surface area (Å²) in [7, 11) is -3.90. The van der Waals surface area contributed by atoms with Crippen LogP contribution in [0.25, 0.3) is 0 Å². The molecule has 0 fully saturated rings. The third-order valence-electron chi connectivity index (χ3n) is 4.52. The molecule has 0 saturated carbocycles. The molecule has 0 aliphatic heterocycles. The number of aliphatic carboxylic acids is 1. The van der Waals surface area contributed by atoms with E-state index in [-0.39, 0.29) is 17.3 Å². The fourth-order valence-corrected chi connectivity index (χ4v) is 3.94. The van der Waals surface area contributed by atoms with Crippen LogP contribution in [0.15, 0.2) is 53.6 Å². The van der Waals surface area contributed by atoms with Gasteiger partial charge in [0.15, 0.2) is 0 Å². The van der Waals surface area contributed by atoms with Crippen molar-refractivity contribution in [1.82, 2.24) is 9.97 Å². The molecule has 2 N–H and O–H groups in total. The standard InChI is InChI=1S/C19H20N4O5S/c1-12-10-11-20-19(21-12)23-29(27,28)14-8-6-13(7-9-14)22-17(24)15-4-2-3-5-16(15)18(25)26/h2-3,6-11,15-16H,4-5H2,1H3,(H,22,24)(H,25,26)(H,20,21,23)/p-1/t15-,16-/m1/s1. The van der Waals surface area contributed by atoms with Gasteiger partial charge in [-0.15, -0.1) is 0 Å². The lowest BCUT2D eigenvalue weighted by atomic mass is 9.82. The zero-order valence-electron chi connectivity index (χ0n) is 15.5. The second kappa shape index (κ2) is 8.39. The number of anilines is 2. The molecule has 1 amide bonds. The smallest absolute Gasteiger partial charge is 0.264 e. The number of carbonyl (C=O) groups is 2. The predicted octanol–water partition coefficient (Wildman–Crippen LogP) is 0.857. The molecule has 0 spiro atoms. The Balaban J connectivity index is 1.70. The van der Waals surface area contributed by atoms with Crippen LogP contribution in [0.4, 0.5) is 11.6 Å². The molecule has 1 aliphatic rings. The zero-order chi connectivity index (χ0) is 21.0. The van der Waals surface area contributed by atoms with E-state index in [0.29, 0.717) is 17.8 Å². The maximum Gasteiger partial charge on any atom is 0.264 e. The second-order valence-corrected chi connectivity index (χ2v) is 8.30. The Labute approximate surface area is 167 Å². The Morgan fingerprint density at radius 3 is 2.34 bits per heavy atom. The number of nitrogens with one attached hydrogen (secondary N) is 2. The molecule has 10 heteroatoms. The number of allylic oxidation sites excluding steroid dienone is 2. The first-order chi connectivity index (χ1) is 13.8. The Bertz CT molecular complexity index is 1050. The molecule has 0 saturated heterocycles. The van der Waals surface area contributed by atoms with Crippen molar-refractivity contribution >= 4 is 33.5 Å². The monoisotopic (exact) mass is 415 g/mol. The number of benzene rings is 1. The van der Waals surface area contributed by atoms with Crippen molar-refractivity contribution in [2.75, 3.05) is 10.0 Å². The van der Waals surface area contributed by atoms with Crippen LogP contribution in [0.2, 0.25) is 0 Å². The Morgan fingerprint density at radius 1 is 1.07 bits per heavy atom. The Kier molecular flexibility index (Phi) is 5.92. The fourth-order valence-electron chi connectivity index (χ4n) is 2.99. The van der Waals surface area contributed by atoms with Crippen molar-refractivity contribution in [2.24, 2.45) is 11.8 Å². The molecule has 1 aromatic carbocycles. The van der Waals surface area contributed by atoms with E-state index in [1.165, 1.54) is 30.5 Å². The van der Waals surface area contributed by atoms with E-state index in [0.717, 1.165) is 0 Å². The van der Waals surface area contributed by atoms with E-state index in [2.05, 4.69) is 20.0 Å². The third kappa shape index (κ3) is 4.96. The minimum atomic E-state index is -3.90. The maximum absolute atomic E-state index is 12.5. The number of carboxylic acids is 1. The number of nitrogens with zero attached hydrogens (tertiary/aromatic N) is 2. The van der Waals surface area contributed by atoms with Gasteiger partial charge >= 0.3 is 0 Å². The van der Waals surface area contributed by atoms with Crippen LogP contribution in [0, 0.1) is 18.8 Å². The first kappa shape index (κ1) is 20.5. The molecule has 0 unspecified atom stereocenters. The lowest BCUT2D eigenvalue weighted by Gasteiger charge is -2.28. The zero-order valence-corrected chi connectivity index (χ0v) is 16.3. The van der Waals surface area contributed by atoms with Crippen molar-refractivity contribution < 1.29 is 23.1 Å². The molecule has 29 heavy (non-hydrogen) atoms. The minimum Gasteiger partial charge on any atom is -0.550 e. The van der Waals surface area contributed by atoms with Crippen molar-refractivity contribution in [3.63, 3.8) is 0 Å². The van der Waals surface area contributed by atoms with E-state index in [1.807, 2.05) is 0 Å². The van der Waals surface area contributed by atoms with E-state index in [1.54, 1.807) is 25.1 Å². The topological polar surface area (TPSA) is 141 Å². The second-order valence-electron chi connectivity index (χ2n) is 6.62. The normalized spacial score (nSPS) is 18.8. The van der Waals surface area contributed by atoms with Crippen LogP contribution in [-0.2, 0) is 19.6 Å². The highest BCUT2D eigenvalue weighted by molar-refractivity contribution is 7.92. The molecule has 2 aromatic rings. The van der Waals surface area contributed by atoms with Gasteiger partial charge in [-0.2, -0.15) is 0 Å². The molecule has 3 rings (SSSR count). The van der Waals surface area contributed by atoms with Crippen LogP contribution < -0.4 is 15.1 Å². The largest absolute Gasteiger partial charge is 0.550 e. The van der Waals surface area contributed by atoms with Crippen molar-refractivity contribution in [3.05, 3.63) is 54.4 Å². The molecule has 0 radical (unpaired) electrons. The summed E-state index contributed by atoms with van der Waals surface area (Å²) in [5.41, 5.74) is 0.968. The number of hydrogen-bond acceptors (Lipinski definition) is 7. The average Bonchev–Trinajstić information content (AvgIpc) is 2.68. The lowest BCUT2D eigenvalue weighted by Crippen LogP contribution is -2.41. The third-order valence-corrected chi connectivity index (χ3v) is 5.87. The number of sulfonamides is 1. The highest BCUT2D eigenvalue weighted by atomic mass is 32.2. The van der Waals surface area contributed by atoms with Gasteiger partial charge in [0.05, 0.1) is 10.8 Å². The molecule has 152 valence electrons. The summed E-state index contributed by atoms with van der Waals surface area (Å²) in [5.74, 6) is -3.39. The number of rotatable bonds is 6. The molecule has 1 heterocycles. The first-order valence-corrected chi connectivity index (χ1v) is 10.3. The summed E-state index contributed by atoms with van der Waals surface area (Å²) in [6, 6.07) is 7.14. The fraction of sp³-hybridized carbons (Fsp3) is 0.263.